The number of hydrogen-bond acceptors (Lipinski definition) is 5. The van der Waals surface area contributed by atoms with E-state index in [1.807, 2.05) is 0 Å². The van der Waals surface area contributed by atoms with Gasteiger partial charge in [-0.3, -0.25) is 14.8 Å². The molecule has 198 valence electrons. The standard InChI is InChI=1S/C30H48O5/c1-4-5-6-7-8-9-10-11-12-28(32)34-27-14-13-23-22-20-26(35-33)25-19-21(31)15-17-29(25,2)24(22)16-18-30(23,27)3/h19,22-24,26-27,33H,4-18,20H2,1-3H3/t22-,23-,24-,26?,27-,29+,30-/m0/s1. The number of carbonyl (C=O) groups excluding carboxylic acids is 2. The lowest BCUT2D eigenvalue weighted by molar-refractivity contribution is -0.285. The molecule has 1 unspecified atom stereocenters. The first-order chi connectivity index (χ1) is 16.8. The Bertz CT molecular complexity index is 790. The number of unbranched alkanes of at least 4 members (excludes halogenated alkanes) is 7. The fourth-order valence-electron chi connectivity index (χ4n) is 8.45. The van der Waals surface area contributed by atoms with Crippen LogP contribution in [0.1, 0.15) is 124 Å². The van der Waals surface area contributed by atoms with Crippen molar-refractivity contribution in [2.24, 2.45) is 28.6 Å². The molecule has 0 radical (unpaired) electrons. The molecule has 0 bridgehead atoms. The Morgan fingerprint density at radius 3 is 2.43 bits per heavy atom. The molecular weight excluding hydrogens is 440 g/mol. The molecule has 35 heavy (non-hydrogen) atoms. The molecule has 4 aliphatic carbocycles. The zero-order chi connectivity index (χ0) is 25.1. The minimum atomic E-state index is -0.392. The normalized spacial score (nSPS) is 38.3. The summed E-state index contributed by atoms with van der Waals surface area (Å²) in [4.78, 5) is 29.9. The van der Waals surface area contributed by atoms with Gasteiger partial charge in [0.1, 0.15) is 12.2 Å². The maximum Gasteiger partial charge on any atom is 0.306 e. The third-order valence-electron chi connectivity index (χ3n) is 10.5. The number of hydrogen-bond donors (Lipinski definition) is 1. The Kier molecular flexibility index (Phi) is 8.79. The summed E-state index contributed by atoms with van der Waals surface area (Å²) in [5.74, 6) is 1.53. The van der Waals surface area contributed by atoms with E-state index in [-0.39, 0.29) is 28.7 Å². The minimum absolute atomic E-state index is 0.00108. The fourth-order valence-corrected chi connectivity index (χ4v) is 8.45. The maximum atomic E-state index is 12.7. The van der Waals surface area contributed by atoms with Crippen LogP contribution >= 0.6 is 0 Å². The molecule has 5 heteroatoms. The van der Waals surface area contributed by atoms with E-state index in [9.17, 15) is 14.8 Å². The van der Waals surface area contributed by atoms with Gasteiger partial charge in [-0.05, 0) is 79.8 Å². The average Bonchev–Trinajstić information content (AvgIpc) is 3.17. The number of esters is 1. The SMILES string of the molecule is CCCCCCCCCCC(=O)O[C@H]1CC[C@H]2[C@@H]3CC(OO)C4=CC(=O)CC[C@]4(C)[C@H]3CC[C@]12C. The average molecular weight is 489 g/mol. The largest absolute Gasteiger partial charge is 0.462 e. The summed E-state index contributed by atoms with van der Waals surface area (Å²) in [6, 6.07) is 0. The summed E-state index contributed by atoms with van der Waals surface area (Å²) in [6.07, 6.45) is 18.1. The van der Waals surface area contributed by atoms with Crippen LogP contribution in [0.3, 0.4) is 0 Å². The predicted molar refractivity (Wildman–Crippen MR) is 137 cm³/mol. The van der Waals surface area contributed by atoms with E-state index in [1.54, 1.807) is 6.08 Å². The van der Waals surface area contributed by atoms with E-state index in [4.69, 9.17) is 9.62 Å². The van der Waals surface area contributed by atoms with Crippen molar-refractivity contribution >= 4 is 11.8 Å². The number of rotatable bonds is 11. The van der Waals surface area contributed by atoms with E-state index >= 15 is 0 Å². The van der Waals surface area contributed by atoms with E-state index < -0.39 is 6.10 Å². The topological polar surface area (TPSA) is 72.8 Å². The number of ether oxygens (including phenoxy) is 1. The molecule has 3 saturated carbocycles. The number of ketones is 1. The van der Waals surface area contributed by atoms with Gasteiger partial charge in [0, 0.05) is 18.3 Å². The van der Waals surface area contributed by atoms with Crippen LogP contribution in [-0.2, 0) is 19.2 Å². The molecule has 0 aromatic heterocycles. The second-order valence-corrected chi connectivity index (χ2v) is 12.5. The van der Waals surface area contributed by atoms with Crippen molar-refractivity contribution in [2.45, 2.75) is 136 Å². The molecule has 0 spiro atoms. The third-order valence-corrected chi connectivity index (χ3v) is 10.5. The molecule has 3 fully saturated rings. The zero-order valence-corrected chi connectivity index (χ0v) is 22.4. The quantitative estimate of drug-likeness (QED) is 0.142. The van der Waals surface area contributed by atoms with Gasteiger partial charge in [0.25, 0.3) is 0 Å². The molecule has 0 saturated heterocycles. The lowest BCUT2D eigenvalue weighted by Crippen LogP contribution is -2.55. The summed E-state index contributed by atoms with van der Waals surface area (Å²) in [5, 5.41) is 9.75. The van der Waals surface area contributed by atoms with Gasteiger partial charge in [-0.15, -0.1) is 0 Å². The highest BCUT2D eigenvalue weighted by Gasteiger charge is 2.61. The first kappa shape index (κ1) is 26.9. The van der Waals surface area contributed by atoms with Gasteiger partial charge >= 0.3 is 5.97 Å². The molecule has 0 amide bonds. The first-order valence-electron chi connectivity index (χ1n) is 14.6. The van der Waals surface area contributed by atoms with Gasteiger partial charge in [-0.2, -0.15) is 0 Å². The van der Waals surface area contributed by atoms with Gasteiger partial charge in [-0.25, -0.2) is 4.89 Å². The summed E-state index contributed by atoms with van der Waals surface area (Å²) >= 11 is 0. The molecule has 0 aliphatic heterocycles. The highest BCUT2D eigenvalue weighted by Crippen LogP contribution is 2.65. The second kappa shape index (κ2) is 11.5. The summed E-state index contributed by atoms with van der Waals surface area (Å²) in [7, 11) is 0. The van der Waals surface area contributed by atoms with Gasteiger partial charge in [0.2, 0.25) is 0 Å². The lowest BCUT2D eigenvalue weighted by Gasteiger charge is -2.58. The summed E-state index contributed by atoms with van der Waals surface area (Å²) in [6.45, 7) is 6.86. The fraction of sp³-hybridized carbons (Fsp3) is 0.867. The Hall–Kier alpha value is -1.20. The zero-order valence-electron chi connectivity index (χ0n) is 22.4. The van der Waals surface area contributed by atoms with Crippen LogP contribution in [-0.4, -0.2) is 29.2 Å². The molecular formula is C30H48O5. The molecule has 0 aromatic rings. The molecule has 0 heterocycles. The van der Waals surface area contributed by atoms with Crippen molar-refractivity contribution in [1.82, 2.24) is 0 Å². The van der Waals surface area contributed by atoms with Gasteiger partial charge < -0.3 is 4.74 Å². The van der Waals surface area contributed by atoms with Crippen LogP contribution in [0.25, 0.3) is 0 Å². The highest BCUT2D eigenvalue weighted by molar-refractivity contribution is 5.91. The molecule has 5 nitrogen and oxygen atoms in total. The lowest BCUT2D eigenvalue weighted by atomic mass is 9.47. The van der Waals surface area contributed by atoms with Crippen molar-refractivity contribution in [3.05, 3.63) is 11.6 Å². The molecule has 4 aliphatic rings. The summed E-state index contributed by atoms with van der Waals surface area (Å²) in [5.41, 5.74) is 0.919. The minimum Gasteiger partial charge on any atom is -0.462 e. The molecule has 7 atom stereocenters. The Labute approximate surface area is 212 Å². The maximum absolute atomic E-state index is 12.7. The Morgan fingerprint density at radius 2 is 1.71 bits per heavy atom. The van der Waals surface area contributed by atoms with Gasteiger partial charge in [0.05, 0.1) is 0 Å². The van der Waals surface area contributed by atoms with E-state index in [2.05, 4.69) is 20.8 Å². The van der Waals surface area contributed by atoms with Crippen molar-refractivity contribution in [3.8, 4) is 0 Å². The molecule has 1 N–H and O–H groups in total. The smallest absolute Gasteiger partial charge is 0.306 e. The summed E-state index contributed by atoms with van der Waals surface area (Å²) < 4.78 is 6.15. The number of fused-ring (bicyclic) bond motifs is 5. The van der Waals surface area contributed by atoms with Gasteiger partial charge in [-0.1, -0.05) is 65.7 Å². The van der Waals surface area contributed by atoms with Crippen molar-refractivity contribution in [3.63, 3.8) is 0 Å². The van der Waals surface area contributed by atoms with Crippen molar-refractivity contribution < 1.29 is 24.5 Å². The molecule has 4 rings (SSSR count). The van der Waals surface area contributed by atoms with Crippen LogP contribution in [0.2, 0.25) is 0 Å². The third kappa shape index (κ3) is 5.42. The van der Waals surface area contributed by atoms with E-state index in [0.717, 1.165) is 56.9 Å². The monoisotopic (exact) mass is 488 g/mol. The Morgan fingerprint density at radius 1 is 1.00 bits per heavy atom. The first-order valence-corrected chi connectivity index (χ1v) is 14.6. The van der Waals surface area contributed by atoms with E-state index in [1.165, 1.54) is 38.5 Å². The molecule has 0 aromatic carbocycles. The number of carbonyl (C=O) groups is 2. The van der Waals surface area contributed by atoms with Crippen molar-refractivity contribution in [1.29, 1.82) is 0 Å². The van der Waals surface area contributed by atoms with E-state index in [0.29, 0.717) is 30.6 Å². The Balaban J connectivity index is 1.32. The van der Waals surface area contributed by atoms with Crippen LogP contribution in [0.5, 0.6) is 0 Å². The van der Waals surface area contributed by atoms with Crippen LogP contribution in [0, 0.1) is 28.6 Å². The van der Waals surface area contributed by atoms with Gasteiger partial charge in [0.15, 0.2) is 5.78 Å². The van der Waals surface area contributed by atoms with Crippen LogP contribution in [0.15, 0.2) is 11.6 Å². The van der Waals surface area contributed by atoms with Crippen LogP contribution in [0.4, 0.5) is 0 Å². The predicted octanol–water partition coefficient (Wildman–Crippen LogP) is 7.43. The van der Waals surface area contributed by atoms with Crippen molar-refractivity contribution in [2.75, 3.05) is 0 Å². The second-order valence-electron chi connectivity index (χ2n) is 12.5. The van der Waals surface area contributed by atoms with Crippen LogP contribution < -0.4 is 0 Å². The highest BCUT2D eigenvalue weighted by atomic mass is 17.1.